The van der Waals surface area contributed by atoms with Gasteiger partial charge in [-0.2, -0.15) is 0 Å². The smallest absolute Gasteiger partial charge is 0.265 e. The highest BCUT2D eigenvalue weighted by atomic mass is 32.2. The lowest BCUT2D eigenvalue weighted by molar-refractivity contribution is -0.120. The van der Waals surface area contributed by atoms with E-state index in [2.05, 4.69) is 22.3 Å². The predicted molar refractivity (Wildman–Crippen MR) is 117 cm³/mol. The number of anilines is 1. The lowest BCUT2D eigenvalue weighted by Crippen LogP contribution is -2.44. The van der Waals surface area contributed by atoms with Crippen LogP contribution < -0.4 is 9.62 Å². The van der Waals surface area contributed by atoms with Crippen molar-refractivity contribution in [3.05, 3.63) is 72.3 Å². The molecule has 1 atom stereocenters. The summed E-state index contributed by atoms with van der Waals surface area (Å²) in [5, 5.41) is 4.59. The van der Waals surface area contributed by atoms with Gasteiger partial charge in [0.25, 0.3) is 10.0 Å². The predicted octanol–water partition coefficient (Wildman–Crippen LogP) is 2.74. The fourth-order valence-corrected chi connectivity index (χ4v) is 6.13. The number of nitrogens with one attached hydrogen (secondary N) is 1. The lowest BCUT2D eigenvalue weighted by Gasteiger charge is -2.20. The Bertz CT molecular complexity index is 1210. The number of amides is 1. The van der Waals surface area contributed by atoms with E-state index < -0.39 is 10.0 Å². The molecule has 0 bridgehead atoms. The topological polar surface area (TPSA) is 69.7 Å². The van der Waals surface area contributed by atoms with Crippen molar-refractivity contribution in [2.45, 2.75) is 23.9 Å². The molecular weight excluding hydrogens is 398 g/mol. The van der Waals surface area contributed by atoms with Crippen molar-refractivity contribution >= 4 is 32.4 Å². The largest absolute Gasteiger partial charge is 0.350 e. The molecule has 5 rings (SSSR count). The van der Waals surface area contributed by atoms with Gasteiger partial charge in [0.2, 0.25) is 5.91 Å². The summed E-state index contributed by atoms with van der Waals surface area (Å²) in [4.78, 5) is 15.3. The average Bonchev–Trinajstić information content (AvgIpc) is 3.26. The molecule has 0 unspecified atom stereocenters. The molecule has 30 heavy (non-hydrogen) atoms. The first-order chi connectivity index (χ1) is 14.5. The summed E-state index contributed by atoms with van der Waals surface area (Å²) in [6.45, 7) is 2.33. The molecule has 3 aromatic carbocycles. The van der Waals surface area contributed by atoms with Crippen LogP contribution in [0.15, 0.2) is 71.6 Å². The molecule has 6 nitrogen and oxygen atoms in total. The Morgan fingerprint density at radius 1 is 1.00 bits per heavy atom. The number of hydrogen-bond donors (Lipinski definition) is 1. The van der Waals surface area contributed by atoms with E-state index in [1.54, 1.807) is 18.2 Å². The van der Waals surface area contributed by atoms with Crippen LogP contribution in [-0.2, 0) is 21.4 Å². The number of carbonyl (C=O) groups excluding carboxylic acids is 1. The maximum absolute atomic E-state index is 13.0. The zero-order valence-corrected chi connectivity index (χ0v) is 17.3. The molecule has 0 aliphatic carbocycles. The molecule has 7 heteroatoms. The van der Waals surface area contributed by atoms with Crippen LogP contribution in [0.25, 0.3) is 10.8 Å². The third kappa shape index (κ3) is 3.34. The Labute approximate surface area is 176 Å². The minimum atomic E-state index is -3.72. The van der Waals surface area contributed by atoms with Crippen LogP contribution in [0.4, 0.5) is 5.69 Å². The van der Waals surface area contributed by atoms with Crippen LogP contribution in [-0.4, -0.2) is 44.9 Å². The molecule has 3 aromatic rings. The minimum absolute atomic E-state index is 0.0321. The van der Waals surface area contributed by atoms with E-state index in [0.717, 1.165) is 31.4 Å². The van der Waals surface area contributed by atoms with Crippen molar-refractivity contribution in [3.63, 3.8) is 0 Å². The summed E-state index contributed by atoms with van der Waals surface area (Å²) in [7, 11) is -3.72. The molecule has 2 heterocycles. The Morgan fingerprint density at radius 3 is 2.57 bits per heavy atom. The quantitative estimate of drug-likeness (QED) is 0.688. The zero-order chi connectivity index (χ0) is 20.7. The van der Waals surface area contributed by atoms with Crippen molar-refractivity contribution in [1.82, 2.24) is 10.2 Å². The summed E-state index contributed by atoms with van der Waals surface area (Å²) in [6, 6.07) is 21.0. The van der Waals surface area contributed by atoms with Crippen molar-refractivity contribution in [2.75, 3.05) is 23.9 Å². The van der Waals surface area contributed by atoms with E-state index in [1.807, 2.05) is 36.4 Å². The van der Waals surface area contributed by atoms with Crippen LogP contribution in [0.3, 0.4) is 0 Å². The van der Waals surface area contributed by atoms with Gasteiger partial charge >= 0.3 is 0 Å². The standard InChI is InChI=1S/C23H23N3O3S/c27-22(24-19-12-13-25(15-19)14-17-6-2-1-3-7-17)16-26-20-10-4-8-18-9-5-11-21(23(18)20)30(26,28)29/h1-11,19H,12-16H2,(H,24,27)/t19-/m1/s1. The van der Waals surface area contributed by atoms with Gasteiger partial charge < -0.3 is 5.32 Å². The van der Waals surface area contributed by atoms with Crippen LogP contribution in [0.2, 0.25) is 0 Å². The third-order valence-electron chi connectivity index (χ3n) is 5.85. The summed E-state index contributed by atoms with van der Waals surface area (Å²) >= 11 is 0. The molecule has 0 radical (unpaired) electrons. The van der Waals surface area contributed by atoms with Gasteiger partial charge in [0.15, 0.2) is 0 Å². The van der Waals surface area contributed by atoms with Gasteiger partial charge in [-0.3, -0.25) is 14.0 Å². The van der Waals surface area contributed by atoms with E-state index in [4.69, 9.17) is 0 Å². The molecule has 1 fully saturated rings. The number of rotatable bonds is 5. The Kier molecular flexibility index (Phi) is 4.72. The van der Waals surface area contributed by atoms with Gasteiger partial charge in [0.1, 0.15) is 6.54 Å². The maximum Gasteiger partial charge on any atom is 0.265 e. The number of sulfonamides is 1. The monoisotopic (exact) mass is 421 g/mol. The van der Waals surface area contributed by atoms with Gasteiger partial charge in [-0.05, 0) is 29.5 Å². The second-order valence-electron chi connectivity index (χ2n) is 7.92. The summed E-state index contributed by atoms with van der Waals surface area (Å²) in [5.74, 6) is -0.269. The third-order valence-corrected chi connectivity index (χ3v) is 7.66. The number of likely N-dealkylation sites (tertiary alicyclic amines) is 1. The van der Waals surface area contributed by atoms with Gasteiger partial charge in [-0.25, -0.2) is 8.42 Å². The molecule has 2 aliphatic heterocycles. The average molecular weight is 422 g/mol. The second-order valence-corrected chi connectivity index (χ2v) is 9.75. The van der Waals surface area contributed by atoms with Gasteiger partial charge in [0, 0.05) is 31.1 Å². The highest BCUT2D eigenvalue weighted by molar-refractivity contribution is 7.93. The Balaban J connectivity index is 1.26. The normalized spacial score (nSPS) is 20.0. The Morgan fingerprint density at radius 2 is 1.77 bits per heavy atom. The molecular formula is C23H23N3O3S. The Hall–Kier alpha value is -2.90. The first-order valence-corrected chi connectivity index (χ1v) is 11.6. The molecule has 2 aliphatic rings. The molecule has 154 valence electrons. The van der Waals surface area contributed by atoms with Gasteiger partial charge in [0.05, 0.1) is 10.6 Å². The van der Waals surface area contributed by atoms with E-state index >= 15 is 0 Å². The van der Waals surface area contributed by atoms with Crippen molar-refractivity contribution in [3.8, 4) is 0 Å². The molecule has 1 amide bonds. The highest BCUT2D eigenvalue weighted by Gasteiger charge is 2.37. The van der Waals surface area contributed by atoms with Gasteiger partial charge in [-0.1, -0.05) is 54.6 Å². The molecule has 0 saturated carbocycles. The van der Waals surface area contributed by atoms with Crippen molar-refractivity contribution in [2.24, 2.45) is 0 Å². The minimum Gasteiger partial charge on any atom is -0.350 e. The number of benzene rings is 3. The SMILES string of the molecule is O=C(CN1c2cccc3cccc(c23)S1(=O)=O)N[C@@H]1CCN(Cc2ccccc2)C1. The molecule has 0 spiro atoms. The summed E-state index contributed by atoms with van der Waals surface area (Å²) in [6.07, 6.45) is 0.862. The highest BCUT2D eigenvalue weighted by Crippen LogP contribution is 2.41. The van der Waals surface area contributed by atoms with Crippen molar-refractivity contribution in [1.29, 1.82) is 0 Å². The summed E-state index contributed by atoms with van der Waals surface area (Å²) in [5.41, 5.74) is 1.83. The first kappa shape index (κ1) is 19.1. The summed E-state index contributed by atoms with van der Waals surface area (Å²) < 4.78 is 27.3. The fraction of sp³-hybridized carbons (Fsp3) is 0.261. The molecule has 0 aromatic heterocycles. The van der Waals surface area contributed by atoms with E-state index in [0.29, 0.717) is 11.1 Å². The number of hydrogen-bond acceptors (Lipinski definition) is 4. The van der Waals surface area contributed by atoms with Crippen LogP contribution in [0.5, 0.6) is 0 Å². The van der Waals surface area contributed by atoms with Crippen LogP contribution >= 0.6 is 0 Å². The van der Waals surface area contributed by atoms with E-state index in [1.165, 1.54) is 9.87 Å². The number of carbonyl (C=O) groups is 1. The van der Waals surface area contributed by atoms with E-state index in [-0.39, 0.29) is 23.4 Å². The van der Waals surface area contributed by atoms with Crippen LogP contribution in [0.1, 0.15) is 12.0 Å². The maximum atomic E-state index is 13.0. The number of nitrogens with zero attached hydrogens (tertiary/aromatic N) is 2. The van der Waals surface area contributed by atoms with Crippen molar-refractivity contribution < 1.29 is 13.2 Å². The molecule has 1 N–H and O–H groups in total. The first-order valence-electron chi connectivity index (χ1n) is 10.1. The van der Waals surface area contributed by atoms with Crippen LogP contribution in [0, 0.1) is 0 Å². The zero-order valence-electron chi connectivity index (χ0n) is 16.5. The molecule has 1 saturated heterocycles. The lowest BCUT2D eigenvalue weighted by atomic mass is 10.1. The van der Waals surface area contributed by atoms with Gasteiger partial charge in [-0.15, -0.1) is 0 Å². The van der Waals surface area contributed by atoms with E-state index in [9.17, 15) is 13.2 Å². The second kappa shape index (κ2) is 7.41. The fourth-order valence-electron chi connectivity index (χ4n) is 4.47.